The highest BCUT2D eigenvalue weighted by molar-refractivity contribution is 7.99. The average molecular weight is 285 g/mol. The van der Waals surface area contributed by atoms with E-state index in [1.165, 1.54) is 11.8 Å². The predicted molar refractivity (Wildman–Crippen MR) is 71.1 cm³/mol. The number of morpholine rings is 1. The summed E-state index contributed by atoms with van der Waals surface area (Å²) in [5, 5.41) is 8.44. The van der Waals surface area contributed by atoms with Gasteiger partial charge in [-0.05, 0) is 0 Å². The molecule has 0 N–H and O–H groups in total. The number of amides is 1. The van der Waals surface area contributed by atoms with Crippen molar-refractivity contribution in [3.8, 4) is 0 Å². The van der Waals surface area contributed by atoms with E-state index < -0.39 is 0 Å². The molecule has 1 aliphatic rings. The molecule has 2 rings (SSSR count). The Morgan fingerprint density at radius 3 is 2.74 bits per heavy atom. The van der Waals surface area contributed by atoms with Crippen molar-refractivity contribution in [2.24, 2.45) is 0 Å². The number of hydrogen-bond donors (Lipinski definition) is 0. The number of aromatic nitrogens is 2. The van der Waals surface area contributed by atoms with Gasteiger partial charge in [0.2, 0.25) is 11.8 Å². The minimum Gasteiger partial charge on any atom is -0.416 e. The van der Waals surface area contributed by atoms with Crippen LogP contribution in [-0.4, -0.2) is 53.1 Å². The fourth-order valence-corrected chi connectivity index (χ4v) is 2.40. The Balaban J connectivity index is 1.71. The zero-order valence-electron chi connectivity index (χ0n) is 11.3. The lowest BCUT2D eigenvalue weighted by molar-refractivity contribution is -0.134. The number of nitrogens with zero attached hydrogens (tertiary/aromatic N) is 3. The maximum absolute atomic E-state index is 11.9. The van der Waals surface area contributed by atoms with Gasteiger partial charge < -0.3 is 14.1 Å². The van der Waals surface area contributed by atoms with Crippen LogP contribution in [0.25, 0.3) is 0 Å². The molecule has 2 heterocycles. The Kier molecular flexibility index (Phi) is 5.21. The first-order chi connectivity index (χ1) is 9.16. The van der Waals surface area contributed by atoms with Gasteiger partial charge in [0, 0.05) is 31.2 Å². The van der Waals surface area contributed by atoms with Crippen molar-refractivity contribution >= 4 is 17.7 Å². The molecule has 6 nitrogen and oxygen atoms in total. The lowest BCUT2D eigenvalue weighted by atomic mass is 10.2. The number of hydrogen-bond acceptors (Lipinski definition) is 6. The van der Waals surface area contributed by atoms with Crippen LogP contribution in [0.4, 0.5) is 0 Å². The Labute approximate surface area is 116 Å². The van der Waals surface area contributed by atoms with Gasteiger partial charge in [0.25, 0.3) is 5.22 Å². The van der Waals surface area contributed by atoms with Crippen molar-refractivity contribution in [3.05, 3.63) is 5.89 Å². The third-order valence-corrected chi connectivity index (χ3v) is 3.64. The molecule has 1 saturated heterocycles. The van der Waals surface area contributed by atoms with Gasteiger partial charge in [0.05, 0.1) is 13.2 Å². The molecule has 1 amide bonds. The first-order valence-corrected chi connectivity index (χ1v) is 7.47. The van der Waals surface area contributed by atoms with Gasteiger partial charge in [0.15, 0.2) is 0 Å². The third kappa shape index (κ3) is 4.21. The first-order valence-electron chi connectivity index (χ1n) is 6.48. The van der Waals surface area contributed by atoms with Crippen molar-refractivity contribution in [1.29, 1.82) is 0 Å². The van der Waals surface area contributed by atoms with Gasteiger partial charge in [-0.25, -0.2) is 0 Å². The summed E-state index contributed by atoms with van der Waals surface area (Å²) in [4.78, 5) is 13.7. The molecule has 1 aliphatic heterocycles. The molecule has 7 heteroatoms. The second kappa shape index (κ2) is 6.91. The molecule has 0 aromatic carbocycles. The van der Waals surface area contributed by atoms with Crippen molar-refractivity contribution in [1.82, 2.24) is 15.1 Å². The van der Waals surface area contributed by atoms with Gasteiger partial charge in [0.1, 0.15) is 0 Å². The second-order valence-electron chi connectivity index (χ2n) is 4.65. The maximum Gasteiger partial charge on any atom is 0.276 e. The van der Waals surface area contributed by atoms with E-state index in [0.717, 1.165) is 0 Å². The average Bonchev–Trinajstić information content (AvgIpc) is 2.89. The van der Waals surface area contributed by atoms with Crippen molar-refractivity contribution < 1.29 is 13.9 Å². The highest BCUT2D eigenvalue weighted by Crippen LogP contribution is 2.21. The quantitative estimate of drug-likeness (QED) is 0.764. The third-order valence-electron chi connectivity index (χ3n) is 2.82. The topological polar surface area (TPSA) is 68.5 Å². The first kappa shape index (κ1) is 14.3. The zero-order valence-corrected chi connectivity index (χ0v) is 12.1. The standard InChI is InChI=1S/C12H19N3O3S/c1-9(2)11-13-14-12(18-11)19-8-3-10(16)15-4-6-17-7-5-15/h9H,3-8H2,1-2H3. The van der Waals surface area contributed by atoms with E-state index in [9.17, 15) is 4.79 Å². The van der Waals surface area contributed by atoms with E-state index in [-0.39, 0.29) is 11.8 Å². The SMILES string of the molecule is CC(C)c1nnc(SCCC(=O)N2CCOCC2)o1. The van der Waals surface area contributed by atoms with Crippen molar-refractivity contribution in [3.63, 3.8) is 0 Å². The number of thioether (sulfide) groups is 1. The summed E-state index contributed by atoms with van der Waals surface area (Å²) in [5.74, 6) is 1.70. The lowest BCUT2D eigenvalue weighted by Gasteiger charge is -2.26. The monoisotopic (exact) mass is 285 g/mol. The van der Waals surface area contributed by atoms with Crippen LogP contribution in [0.1, 0.15) is 32.1 Å². The predicted octanol–water partition coefficient (Wildman–Crippen LogP) is 1.53. The van der Waals surface area contributed by atoms with Gasteiger partial charge in [-0.15, -0.1) is 10.2 Å². The molecule has 0 atom stereocenters. The Morgan fingerprint density at radius 2 is 2.11 bits per heavy atom. The number of carbonyl (C=O) groups is 1. The van der Waals surface area contributed by atoms with Crippen molar-refractivity contribution in [2.75, 3.05) is 32.1 Å². The summed E-state index contributed by atoms with van der Waals surface area (Å²) in [6.45, 7) is 6.68. The normalized spacial score (nSPS) is 16.1. The molecule has 0 bridgehead atoms. The van der Waals surface area contributed by atoms with E-state index in [0.29, 0.717) is 49.6 Å². The van der Waals surface area contributed by atoms with E-state index >= 15 is 0 Å². The minimum atomic E-state index is 0.166. The molecular formula is C12H19N3O3S. The maximum atomic E-state index is 11.9. The number of carbonyl (C=O) groups excluding carboxylic acids is 1. The smallest absolute Gasteiger partial charge is 0.276 e. The molecule has 106 valence electrons. The Morgan fingerprint density at radius 1 is 1.37 bits per heavy atom. The minimum absolute atomic E-state index is 0.166. The molecule has 1 aromatic heterocycles. The summed E-state index contributed by atoms with van der Waals surface area (Å²) in [6, 6.07) is 0. The molecule has 0 saturated carbocycles. The van der Waals surface area contributed by atoms with Crippen LogP contribution in [0.15, 0.2) is 9.64 Å². The molecule has 1 aromatic rings. The summed E-state index contributed by atoms with van der Waals surface area (Å²) in [7, 11) is 0. The largest absolute Gasteiger partial charge is 0.416 e. The molecule has 1 fully saturated rings. The van der Waals surface area contributed by atoms with Crippen LogP contribution in [0.5, 0.6) is 0 Å². The van der Waals surface area contributed by atoms with Gasteiger partial charge in [-0.3, -0.25) is 4.79 Å². The van der Waals surface area contributed by atoms with E-state index in [1.54, 1.807) is 0 Å². The molecule has 0 radical (unpaired) electrons. The fourth-order valence-electron chi connectivity index (χ4n) is 1.71. The van der Waals surface area contributed by atoms with Crippen LogP contribution in [0.3, 0.4) is 0 Å². The molecule has 0 spiro atoms. The van der Waals surface area contributed by atoms with Gasteiger partial charge >= 0.3 is 0 Å². The molecule has 0 unspecified atom stereocenters. The molecule has 0 aliphatic carbocycles. The van der Waals surface area contributed by atoms with Crippen LogP contribution in [0, 0.1) is 0 Å². The Bertz CT molecular complexity index is 416. The van der Waals surface area contributed by atoms with Gasteiger partial charge in [-0.1, -0.05) is 25.6 Å². The van der Waals surface area contributed by atoms with E-state index in [2.05, 4.69) is 10.2 Å². The zero-order chi connectivity index (χ0) is 13.7. The second-order valence-corrected chi connectivity index (χ2v) is 5.70. The molecular weight excluding hydrogens is 266 g/mol. The number of rotatable bonds is 5. The van der Waals surface area contributed by atoms with Crippen molar-refractivity contribution in [2.45, 2.75) is 31.4 Å². The summed E-state index contributed by atoms with van der Waals surface area (Å²) >= 11 is 1.43. The highest BCUT2D eigenvalue weighted by atomic mass is 32.2. The summed E-state index contributed by atoms with van der Waals surface area (Å²) in [6.07, 6.45) is 0.490. The van der Waals surface area contributed by atoms with E-state index in [1.807, 2.05) is 18.7 Å². The van der Waals surface area contributed by atoms with Crippen LogP contribution >= 0.6 is 11.8 Å². The summed E-state index contributed by atoms with van der Waals surface area (Å²) in [5.41, 5.74) is 0. The van der Waals surface area contributed by atoms with Crippen LogP contribution < -0.4 is 0 Å². The Hall–Kier alpha value is -1.08. The molecule has 19 heavy (non-hydrogen) atoms. The number of ether oxygens (including phenoxy) is 1. The van der Waals surface area contributed by atoms with Crippen LogP contribution in [0.2, 0.25) is 0 Å². The van der Waals surface area contributed by atoms with E-state index in [4.69, 9.17) is 9.15 Å². The fraction of sp³-hybridized carbons (Fsp3) is 0.750. The summed E-state index contributed by atoms with van der Waals surface area (Å²) < 4.78 is 10.7. The van der Waals surface area contributed by atoms with Gasteiger partial charge in [-0.2, -0.15) is 0 Å². The highest BCUT2D eigenvalue weighted by Gasteiger charge is 2.17. The van der Waals surface area contributed by atoms with Crippen LogP contribution in [-0.2, 0) is 9.53 Å². The lowest BCUT2D eigenvalue weighted by Crippen LogP contribution is -2.40.